The number of hydrogen-bond acceptors (Lipinski definition) is 6. The van der Waals surface area contributed by atoms with Crippen molar-refractivity contribution in [3.63, 3.8) is 0 Å². The summed E-state index contributed by atoms with van der Waals surface area (Å²) < 4.78 is 39.7. The van der Waals surface area contributed by atoms with Crippen LogP contribution in [0.1, 0.15) is 78.3 Å². The van der Waals surface area contributed by atoms with Crippen molar-refractivity contribution >= 4 is 28.5 Å². The Kier molecular flexibility index (Phi) is 8.11. The van der Waals surface area contributed by atoms with E-state index in [-0.39, 0.29) is 31.0 Å². The Morgan fingerprint density at radius 1 is 1.12 bits per heavy atom. The molecular formula is C29H35F3N6O2. The minimum atomic E-state index is -4.19. The maximum Gasteiger partial charge on any atom is 0.389 e. The summed E-state index contributed by atoms with van der Waals surface area (Å²) in [6, 6.07) is 3.79. The summed E-state index contributed by atoms with van der Waals surface area (Å²) in [5, 5.41) is 13.8. The Bertz CT molecular complexity index is 1390. The van der Waals surface area contributed by atoms with Gasteiger partial charge in [-0.05, 0) is 70.1 Å². The van der Waals surface area contributed by atoms with Gasteiger partial charge < -0.3 is 19.9 Å². The van der Waals surface area contributed by atoms with E-state index in [9.17, 15) is 23.1 Å². The van der Waals surface area contributed by atoms with E-state index in [2.05, 4.69) is 32.1 Å². The normalized spacial score (nSPS) is 20.1. The van der Waals surface area contributed by atoms with Gasteiger partial charge in [0.15, 0.2) is 0 Å². The van der Waals surface area contributed by atoms with E-state index in [1.54, 1.807) is 6.20 Å². The zero-order valence-corrected chi connectivity index (χ0v) is 22.8. The van der Waals surface area contributed by atoms with Gasteiger partial charge in [0, 0.05) is 72.4 Å². The largest absolute Gasteiger partial charge is 0.393 e. The Hall–Kier alpha value is -3.47. The molecule has 1 saturated carbocycles. The Morgan fingerprint density at radius 3 is 2.50 bits per heavy atom. The molecule has 2 N–H and O–H groups in total. The lowest BCUT2D eigenvalue weighted by Gasteiger charge is -2.27. The maximum atomic E-state index is 13.2. The maximum absolute atomic E-state index is 13.2. The van der Waals surface area contributed by atoms with Gasteiger partial charge >= 0.3 is 6.18 Å². The first-order valence-corrected chi connectivity index (χ1v) is 13.9. The molecular weight excluding hydrogens is 521 g/mol. The molecule has 1 amide bonds. The molecule has 0 saturated heterocycles. The lowest BCUT2D eigenvalue weighted by atomic mass is 9.93. The molecule has 0 spiro atoms. The summed E-state index contributed by atoms with van der Waals surface area (Å²) in [5.41, 5.74) is 5.11. The van der Waals surface area contributed by atoms with Crippen molar-refractivity contribution in [2.24, 2.45) is 0 Å². The number of nitrogens with zero attached hydrogens (tertiary/aromatic N) is 5. The summed E-state index contributed by atoms with van der Waals surface area (Å²) in [5.74, 6) is 0.283. The number of aryl methyl sites for hydroxylation is 2. The number of halogens is 3. The van der Waals surface area contributed by atoms with Gasteiger partial charge in [-0.2, -0.15) is 18.2 Å². The molecule has 1 fully saturated rings. The number of carbonyl (C=O) groups is 1. The smallest absolute Gasteiger partial charge is 0.389 e. The van der Waals surface area contributed by atoms with Gasteiger partial charge in [0.2, 0.25) is 5.95 Å². The standard InChI is InChI=1S/C29H35F3N6O2/c1-18-14-21(15-19(2)35-18)27(40)37-12-8-20(9-13-37)25-17-38(22-4-6-23(39)7-5-22)26-24(25)16-34-28(36-26)33-11-3-10-29(30,31)32/h8,14-17,22-23,39H,3-7,9-13H2,1-2H3,(H,33,34,36). The fourth-order valence-corrected chi connectivity index (χ4v) is 5.71. The summed E-state index contributed by atoms with van der Waals surface area (Å²) in [6.45, 7) is 4.95. The number of fused-ring (bicyclic) bond motifs is 1. The molecule has 2 aliphatic rings. The SMILES string of the molecule is Cc1cc(C(=O)N2CC=C(c3cn(C4CCC(O)CC4)c4nc(NCCCC(F)(F)F)ncc34)CC2)cc(C)n1. The number of anilines is 1. The molecule has 0 radical (unpaired) electrons. The highest BCUT2D eigenvalue weighted by Gasteiger charge is 2.28. The van der Waals surface area contributed by atoms with Crippen LogP contribution in [-0.4, -0.2) is 67.3 Å². The Balaban J connectivity index is 1.39. The highest BCUT2D eigenvalue weighted by molar-refractivity contribution is 5.96. The lowest BCUT2D eigenvalue weighted by molar-refractivity contribution is -0.134. The number of hydrogen-bond donors (Lipinski definition) is 2. The third-order valence-corrected chi connectivity index (χ3v) is 7.72. The van der Waals surface area contributed by atoms with Gasteiger partial charge in [0.05, 0.1) is 6.10 Å². The van der Waals surface area contributed by atoms with Crippen molar-refractivity contribution in [3.8, 4) is 0 Å². The van der Waals surface area contributed by atoms with Gasteiger partial charge in [-0.3, -0.25) is 9.78 Å². The number of amides is 1. The fourth-order valence-electron chi connectivity index (χ4n) is 5.71. The molecule has 5 rings (SSSR count). The highest BCUT2D eigenvalue weighted by atomic mass is 19.4. The quantitative estimate of drug-likeness (QED) is 0.368. The number of alkyl halides is 3. The number of carbonyl (C=O) groups excluding carboxylic acids is 1. The average Bonchev–Trinajstić information content (AvgIpc) is 3.29. The minimum absolute atomic E-state index is 0.0170. The van der Waals surface area contributed by atoms with E-state index in [0.29, 0.717) is 43.9 Å². The zero-order chi connectivity index (χ0) is 28.4. The van der Waals surface area contributed by atoms with E-state index in [0.717, 1.165) is 46.4 Å². The number of pyridine rings is 1. The summed E-state index contributed by atoms with van der Waals surface area (Å²) in [6.07, 6.45) is 4.23. The van der Waals surface area contributed by atoms with Crippen LogP contribution in [0.25, 0.3) is 16.6 Å². The van der Waals surface area contributed by atoms with Crippen LogP contribution >= 0.6 is 0 Å². The summed E-state index contributed by atoms with van der Waals surface area (Å²) in [4.78, 5) is 28.5. The first-order valence-electron chi connectivity index (χ1n) is 13.9. The van der Waals surface area contributed by atoms with Crippen LogP contribution in [0.5, 0.6) is 0 Å². The van der Waals surface area contributed by atoms with Crippen LogP contribution in [0, 0.1) is 13.8 Å². The second-order valence-electron chi connectivity index (χ2n) is 10.9. The molecule has 3 aromatic rings. The van der Waals surface area contributed by atoms with E-state index in [4.69, 9.17) is 4.98 Å². The molecule has 4 heterocycles. The lowest BCUT2D eigenvalue weighted by Crippen LogP contribution is -2.34. The monoisotopic (exact) mass is 556 g/mol. The zero-order valence-electron chi connectivity index (χ0n) is 22.8. The number of nitrogens with one attached hydrogen (secondary N) is 1. The van der Waals surface area contributed by atoms with Crippen molar-refractivity contribution in [2.45, 2.75) is 77.1 Å². The van der Waals surface area contributed by atoms with Gasteiger partial charge in [-0.15, -0.1) is 0 Å². The molecule has 3 aromatic heterocycles. The third kappa shape index (κ3) is 6.46. The second kappa shape index (κ2) is 11.6. The van der Waals surface area contributed by atoms with E-state index in [1.807, 2.05) is 30.9 Å². The first-order chi connectivity index (χ1) is 19.1. The van der Waals surface area contributed by atoms with Gasteiger partial charge in [-0.1, -0.05) is 6.08 Å². The van der Waals surface area contributed by atoms with Crippen molar-refractivity contribution in [1.82, 2.24) is 24.4 Å². The fraction of sp³-hybridized carbons (Fsp3) is 0.517. The highest BCUT2D eigenvalue weighted by Crippen LogP contribution is 2.36. The van der Waals surface area contributed by atoms with Crippen molar-refractivity contribution < 1.29 is 23.1 Å². The van der Waals surface area contributed by atoms with Crippen molar-refractivity contribution in [3.05, 3.63) is 53.1 Å². The number of aliphatic hydroxyl groups excluding tert-OH is 1. The number of aliphatic hydroxyl groups is 1. The summed E-state index contributed by atoms with van der Waals surface area (Å²) >= 11 is 0. The number of rotatable bonds is 7. The number of aromatic nitrogens is 4. The van der Waals surface area contributed by atoms with Crippen LogP contribution < -0.4 is 5.32 Å². The summed E-state index contributed by atoms with van der Waals surface area (Å²) in [7, 11) is 0. The Labute approximate surface area is 231 Å². The molecule has 8 nitrogen and oxygen atoms in total. The van der Waals surface area contributed by atoms with Crippen LogP contribution in [0.3, 0.4) is 0 Å². The predicted octanol–water partition coefficient (Wildman–Crippen LogP) is 5.60. The van der Waals surface area contributed by atoms with Gasteiger partial charge in [0.25, 0.3) is 5.91 Å². The second-order valence-corrected chi connectivity index (χ2v) is 10.9. The van der Waals surface area contributed by atoms with Crippen LogP contribution in [0.15, 0.2) is 30.6 Å². The molecule has 0 unspecified atom stereocenters. The van der Waals surface area contributed by atoms with E-state index < -0.39 is 12.6 Å². The third-order valence-electron chi connectivity index (χ3n) is 7.72. The topological polar surface area (TPSA) is 96.2 Å². The first kappa shape index (κ1) is 28.1. The van der Waals surface area contributed by atoms with Crippen LogP contribution in [-0.2, 0) is 0 Å². The van der Waals surface area contributed by atoms with Crippen molar-refractivity contribution in [1.29, 1.82) is 0 Å². The van der Waals surface area contributed by atoms with E-state index >= 15 is 0 Å². The van der Waals surface area contributed by atoms with Crippen molar-refractivity contribution in [2.75, 3.05) is 25.0 Å². The molecule has 40 heavy (non-hydrogen) atoms. The molecule has 0 aromatic carbocycles. The molecule has 0 bridgehead atoms. The minimum Gasteiger partial charge on any atom is -0.393 e. The molecule has 1 aliphatic carbocycles. The molecule has 11 heteroatoms. The van der Waals surface area contributed by atoms with Crippen LogP contribution in [0.2, 0.25) is 0 Å². The average molecular weight is 557 g/mol. The predicted molar refractivity (Wildman–Crippen MR) is 147 cm³/mol. The van der Waals surface area contributed by atoms with Gasteiger partial charge in [-0.25, -0.2) is 4.98 Å². The Morgan fingerprint density at radius 2 is 1.85 bits per heavy atom. The molecule has 1 aliphatic heterocycles. The molecule has 0 atom stereocenters. The molecule has 214 valence electrons. The van der Waals surface area contributed by atoms with Crippen LogP contribution in [0.4, 0.5) is 19.1 Å². The van der Waals surface area contributed by atoms with E-state index in [1.165, 1.54) is 0 Å². The van der Waals surface area contributed by atoms with Gasteiger partial charge in [0.1, 0.15) is 5.65 Å².